The van der Waals surface area contributed by atoms with Crippen LogP contribution in [0.4, 0.5) is 5.69 Å². The molecule has 0 aliphatic carbocycles. The van der Waals surface area contributed by atoms with Crippen LogP contribution in [0.1, 0.15) is 11.1 Å². The predicted molar refractivity (Wildman–Crippen MR) is 69.1 cm³/mol. The van der Waals surface area contributed by atoms with Crippen molar-refractivity contribution in [3.05, 3.63) is 53.9 Å². The van der Waals surface area contributed by atoms with Crippen LogP contribution >= 0.6 is 0 Å². The summed E-state index contributed by atoms with van der Waals surface area (Å²) in [4.78, 5) is 4.10. The van der Waals surface area contributed by atoms with Crippen LogP contribution in [0.15, 0.2) is 42.7 Å². The zero-order chi connectivity index (χ0) is 12.1. The molecule has 3 heteroatoms. The molecule has 3 nitrogen and oxygen atoms in total. The van der Waals surface area contributed by atoms with Gasteiger partial charge in [0, 0.05) is 24.1 Å². The molecule has 0 saturated heterocycles. The van der Waals surface area contributed by atoms with Gasteiger partial charge in [0.05, 0.1) is 7.11 Å². The number of methoxy groups -OCH3 is 1. The maximum absolute atomic E-state index is 5.97. The average Bonchev–Trinajstić information content (AvgIpc) is 2.38. The van der Waals surface area contributed by atoms with Gasteiger partial charge in [0.15, 0.2) is 0 Å². The summed E-state index contributed by atoms with van der Waals surface area (Å²) in [5, 5.41) is 0. The van der Waals surface area contributed by atoms with Gasteiger partial charge in [0.1, 0.15) is 5.75 Å². The van der Waals surface area contributed by atoms with E-state index < -0.39 is 0 Å². The molecule has 1 heterocycles. The van der Waals surface area contributed by atoms with E-state index in [0.29, 0.717) is 0 Å². The number of anilines is 1. The molecule has 0 fully saturated rings. The van der Waals surface area contributed by atoms with Crippen molar-refractivity contribution in [3.63, 3.8) is 0 Å². The van der Waals surface area contributed by atoms with E-state index in [1.807, 2.05) is 30.5 Å². The van der Waals surface area contributed by atoms with Crippen molar-refractivity contribution >= 4 is 5.69 Å². The van der Waals surface area contributed by atoms with E-state index >= 15 is 0 Å². The van der Waals surface area contributed by atoms with Gasteiger partial charge in [-0.2, -0.15) is 0 Å². The first-order valence-corrected chi connectivity index (χ1v) is 5.61. The largest absolute Gasteiger partial charge is 0.497 e. The summed E-state index contributed by atoms with van der Waals surface area (Å²) in [6, 6.07) is 9.84. The van der Waals surface area contributed by atoms with Gasteiger partial charge in [-0.25, -0.2) is 0 Å². The summed E-state index contributed by atoms with van der Waals surface area (Å²) in [7, 11) is 1.64. The Kier molecular flexibility index (Phi) is 3.60. The summed E-state index contributed by atoms with van der Waals surface area (Å²) >= 11 is 0. The van der Waals surface area contributed by atoms with Crippen LogP contribution in [0, 0.1) is 0 Å². The Morgan fingerprint density at radius 3 is 2.76 bits per heavy atom. The molecule has 2 aromatic rings. The minimum Gasteiger partial charge on any atom is -0.497 e. The molecule has 2 N–H and O–H groups in total. The number of benzene rings is 1. The van der Waals surface area contributed by atoms with Gasteiger partial charge in [0.25, 0.3) is 0 Å². The Hall–Kier alpha value is -2.03. The van der Waals surface area contributed by atoms with Gasteiger partial charge in [-0.15, -0.1) is 0 Å². The topological polar surface area (TPSA) is 48.1 Å². The number of nitrogens with two attached hydrogens (primary N) is 1. The molecule has 0 unspecified atom stereocenters. The van der Waals surface area contributed by atoms with Crippen LogP contribution in [-0.4, -0.2) is 12.1 Å². The van der Waals surface area contributed by atoms with E-state index in [1.54, 1.807) is 13.3 Å². The first kappa shape index (κ1) is 11.5. The molecule has 88 valence electrons. The third-order valence-corrected chi connectivity index (χ3v) is 2.76. The summed E-state index contributed by atoms with van der Waals surface area (Å²) in [6.45, 7) is 0. The molecule has 17 heavy (non-hydrogen) atoms. The predicted octanol–water partition coefficient (Wildman–Crippen LogP) is 2.46. The molecule has 0 radical (unpaired) electrons. The second-order valence-electron chi connectivity index (χ2n) is 3.93. The summed E-state index contributed by atoms with van der Waals surface area (Å²) < 4.78 is 5.12. The third kappa shape index (κ3) is 2.97. The van der Waals surface area contributed by atoms with Gasteiger partial charge in [-0.05, 0) is 36.1 Å². The fourth-order valence-electron chi connectivity index (χ4n) is 1.75. The van der Waals surface area contributed by atoms with Gasteiger partial charge >= 0.3 is 0 Å². The molecule has 2 rings (SSSR count). The fourth-order valence-corrected chi connectivity index (χ4v) is 1.75. The molecule has 0 atom stereocenters. The lowest BCUT2D eigenvalue weighted by Crippen LogP contribution is -1.98. The van der Waals surface area contributed by atoms with E-state index in [2.05, 4.69) is 11.1 Å². The van der Waals surface area contributed by atoms with Crippen LogP contribution in [0.25, 0.3) is 0 Å². The molecule has 0 bridgehead atoms. The molecule has 1 aromatic carbocycles. The Morgan fingerprint density at radius 1 is 1.24 bits per heavy atom. The van der Waals surface area contributed by atoms with Crippen molar-refractivity contribution in [2.24, 2.45) is 0 Å². The van der Waals surface area contributed by atoms with Gasteiger partial charge in [0.2, 0.25) is 0 Å². The van der Waals surface area contributed by atoms with Crippen molar-refractivity contribution in [2.45, 2.75) is 12.8 Å². The van der Waals surface area contributed by atoms with Crippen molar-refractivity contribution in [1.82, 2.24) is 4.98 Å². The van der Waals surface area contributed by atoms with Crippen LogP contribution in [0.2, 0.25) is 0 Å². The van der Waals surface area contributed by atoms with Crippen molar-refractivity contribution in [3.8, 4) is 5.75 Å². The highest BCUT2D eigenvalue weighted by molar-refractivity contribution is 5.51. The lowest BCUT2D eigenvalue weighted by molar-refractivity contribution is 0.415. The van der Waals surface area contributed by atoms with Gasteiger partial charge < -0.3 is 10.5 Å². The van der Waals surface area contributed by atoms with Gasteiger partial charge in [-0.1, -0.05) is 12.1 Å². The zero-order valence-corrected chi connectivity index (χ0v) is 9.89. The number of nitrogens with zero attached hydrogens (tertiary/aromatic N) is 1. The highest BCUT2D eigenvalue weighted by Crippen LogP contribution is 2.20. The highest BCUT2D eigenvalue weighted by atomic mass is 16.5. The smallest absolute Gasteiger partial charge is 0.120 e. The van der Waals surface area contributed by atoms with Crippen LogP contribution < -0.4 is 10.5 Å². The Morgan fingerprint density at radius 2 is 2.12 bits per heavy atom. The number of rotatable bonds is 4. The number of nitrogen functional groups attached to an aromatic ring is 1. The lowest BCUT2D eigenvalue weighted by Gasteiger charge is -2.07. The standard InChI is InChI=1S/C14H16N2O/c1-17-13-7-6-12(14(15)9-13)5-4-11-3-2-8-16-10-11/h2-3,6-10H,4-5,15H2,1H3. The monoisotopic (exact) mass is 228 g/mol. The van der Waals surface area contributed by atoms with Gasteiger partial charge in [-0.3, -0.25) is 4.98 Å². The zero-order valence-electron chi connectivity index (χ0n) is 9.89. The maximum atomic E-state index is 5.97. The van der Waals surface area contributed by atoms with Crippen molar-refractivity contribution in [1.29, 1.82) is 0 Å². The normalized spacial score (nSPS) is 10.2. The van der Waals surface area contributed by atoms with E-state index in [-0.39, 0.29) is 0 Å². The number of ether oxygens (including phenoxy) is 1. The highest BCUT2D eigenvalue weighted by Gasteiger charge is 2.02. The number of aryl methyl sites for hydroxylation is 2. The molecular formula is C14H16N2O. The molecule has 0 amide bonds. The van der Waals surface area contributed by atoms with Crippen molar-refractivity contribution in [2.75, 3.05) is 12.8 Å². The molecule has 0 aliphatic heterocycles. The number of aromatic nitrogens is 1. The number of hydrogen-bond acceptors (Lipinski definition) is 3. The number of hydrogen-bond donors (Lipinski definition) is 1. The van der Waals surface area contributed by atoms with Crippen LogP contribution in [0.5, 0.6) is 5.75 Å². The molecule has 1 aromatic heterocycles. The van der Waals surface area contributed by atoms with Crippen LogP contribution in [0.3, 0.4) is 0 Å². The lowest BCUT2D eigenvalue weighted by atomic mass is 10.0. The minimum absolute atomic E-state index is 0.785. The SMILES string of the molecule is COc1ccc(CCc2cccnc2)c(N)c1. The molecular weight excluding hydrogens is 212 g/mol. The first-order chi connectivity index (χ1) is 8.29. The maximum Gasteiger partial charge on any atom is 0.120 e. The minimum atomic E-state index is 0.785. The molecule has 0 aliphatic rings. The Balaban J connectivity index is 2.04. The average molecular weight is 228 g/mol. The van der Waals surface area contributed by atoms with E-state index in [9.17, 15) is 0 Å². The Labute approximate surface area is 101 Å². The molecule has 0 saturated carbocycles. The third-order valence-electron chi connectivity index (χ3n) is 2.76. The van der Waals surface area contributed by atoms with E-state index in [0.717, 1.165) is 29.8 Å². The second-order valence-corrected chi connectivity index (χ2v) is 3.93. The van der Waals surface area contributed by atoms with Crippen molar-refractivity contribution < 1.29 is 4.74 Å². The number of pyridine rings is 1. The summed E-state index contributed by atoms with van der Waals surface area (Å²) in [5.74, 6) is 0.799. The summed E-state index contributed by atoms with van der Waals surface area (Å²) in [5.41, 5.74) is 9.12. The summed E-state index contributed by atoms with van der Waals surface area (Å²) in [6.07, 6.45) is 5.54. The van der Waals surface area contributed by atoms with E-state index in [4.69, 9.17) is 10.5 Å². The first-order valence-electron chi connectivity index (χ1n) is 5.61. The molecule has 0 spiro atoms. The second kappa shape index (κ2) is 5.34. The van der Waals surface area contributed by atoms with Crippen LogP contribution in [-0.2, 0) is 12.8 Å². The fraction of sp³-hybridized carbons (Fsp3) is 0.214. The Bertz CT molecular complexity index is 483. The quantitative estimate of drug-likeness (QED) is 0.818. The van der Waals surface area contributed by atoms with E-state index in [1.165, 1.54) is 5.56 Å².